The van der Waals surface area contributed by atoms with E-state index in [2.05, 4.69) is 5.92 Å². The Labute approximate surface area is 86.0 Å². The summed E-state index contributed by atoms with van der Waals surface area (Å²) < 4.78 is 4.98. The minimum Gasteiger partial charge on any atom is -0.423 e. The fourth-order valence-electron chi connectivity index (χ4n) is 1.45. The van der Waals surface area contributed by atoms with Crippen molar-refractivity contribution in [1.82, 2.24) is 0 Å². The van der Waals surface area contributed by atoms with Gasteiger partial charge in [0.15, 0.2) is 0 Å². The fourth-order valence-corrected chi connectivity index (χ4v) is 1.45. The monoisotopic (exact) mass is 200 g/mol. The number of hydrogen-bond donors (Lipinski definition) is 1. The first-order valence-electron chi connectivity index (χ1n) is 4.39. The van der Waals surface area contributed by atoms with Crippen molar-refractivity contribution in [2.75, 3.05) is 0 Å². The van der Waals surface area contributed by atoms with Gasteiger partial charge in [-0.3, -0.25) is 0 Å². The Bertz CT molecular complexity index is 602. The smallest absolute Gasteiger partial charge is 0.336 e. The number of fused-ring (bicyclic) bond motifs is 1. The van der Waals surface area contributed by atoms with Gasteiger partial charge in [-0.15, -0.1) is 6.42 Å². The van der Waals surface area contributed by atoms with Crippen LogP contribution in [0.15, 0.2) is 33.5 Å². The summed E-state index contributed by atoms with van der Waals surface area (Å²) in [5, 5.41) is 9.77. The molecule has 0 unspecified atom stereocenters. The van der Waals surface area contributed by atoms with Crippen LogP contribution in [0, 0.1) is 12.3 Å². The van der Waals surface area contributed by atoms with Crippen molar-refractivity contribution in [2.45, 2.75) is 6.61 Å². The normalized spacial score (nSPS) is 10.1. The van der Waals surface area contributed by atoms with Crippen LogP contribution in [0.1, 0.15) is 11.1 Å². The second-order valence-corrected chi connectivity index (χ2v) is 3.10. The highest BCUT2D eigenvalue weighted by Crippen LogP contribution is 2.18. The highest BCUT2D eigenvalue weighted by molar-refractivity contribution is 5.81. The van der Waals surface area contributed by atoms with Crippen LogP contribution < -0.4 is 5.63 Å². The molecular formula is C12H8O3. The largest absolute Gasteiger partial charge is 0.423 e. The molecule has 0 aliphatic heterocycles. The first-order chi connectivity index (χ1) is 7.24. The maximum absolute atomic E-state index is 11.1. The number of aliphatic hydroxyl groups is 1. The second-order valence-electron chi connectivity index (χ2n) is 3.10. The van der Waals surface area contributed by atoms with Crippen LogP contribution in [-0.2, 0) is 6.61 Å². The van der Waals surface area contributed by atoms with E-state index in [-0.39, 0.29) is 6.61 Å². The van der Waals surface area contributed by atoms with E-state index in [1.54, 1.807) is 18.2 Å². The Morgan fingerprint density at radius 2 is 2.20 bits per heavy atom. The zero-order valence-corrected chi connectivity index (χ0v) is 7.86. The van der Waals surface area contributed by atoms with E-state index in [0.29, 0.717) is 22.1 Å². The quantitative estimate of drug-likeness (QED) is 0.557. The maximum Gasteiger partial charge on any atom is 0.336 e. The van der Waals surface area contributed by atoms with Gasteiger partial charge < -0.3 is 9.52 Å². The van der Waals surface area contributed by atoms with Crippen LogP contribution >= 0.6 is 0 Å². The summed E-state index contributed by atoms with van der Waals surface area (Å²) in [7, 11) is 0. The van der Waals surface area contributed by atoms with Gasteiger partial charge in [-0.05, 0) is 23.8 Å². The van der Waals surface area contributed by atoms with Gasteiger partial charge in [-0.25, -0.2) is 4.79 Å². The summed E-state index contributed by atoms with van der Waals surface area (Å²) in [6.45, 7) is -0.197. The molecule has 0 aliphatic rings. The molecule has 1 N–H and O–H groups in total. The molecule has 3 nitrogen and oxygen atoms in total. The highest BCUT2D eigenvalue weighted by Gasteiger charge is 2.04. The molecule has 0 amide bonds. The lowest BCUT2D eigenvalue weighted by molar-refractivity contribution is 0.282. The van der Waals surface area contributed by atoms with Crippen molar-refractivity contribution in [3.8, 4) is 12.3 Å². The average Bonchev–Trinajstić information content (AvgIpc) is 2.26. The molecule has 1 aromatic heterocycles. The Hall–Kier alpha value is -2.05. The van der Waals surface area contributed by atoms with E-state index >= 15 is 0 Å². The van der Waals surface area contributed by atoms with E-state index in [9.17, 15) is 4.79 Å². The Morgan fingerprint density at radius 3 is 2.87 bits per heavy atom. The number of aliphatic hydroxyl groups excluding tert-OH is 1. The molecule has 0 saturated heterocycles. The summed E-state index contributed by atoms with van der Waals surface area (Å²) >= 11 is 0. The number of benzene rings is 1. The van der Waals surface area contributed by atoms with E-state index in [4.69, 9.17) is 15.9 Å². The van der Waals surface area contributed by atoms with Crippen molar-refractivity contribution in [3.05, 3.63) is 45.8 Å². The van der Waals surface area contributed by atoms with Crippen molar-refractivity contribution >= 4 is 11.0 Å². The van der Waals surface area contributed by atoms with Gasteiger partial charge in [0.1, 0.15) is 5.58 Å². The molecule has 0 radical (unpaired) electrons. The van der Waals surface area contributed by atoms with Gasteiger partial charge in [0.2, 0.25) is 0 Å². The molecule has 15 heavy (non-hydrogen) atoms. The van der Waals surface area contributed by atoms with E-state index in [0.717, 1.165) is 0 Å². The van der Waals surface area contributed by atoms with Crippen LogP contribution in [0.3, 0.4) is 0 Å². The zero-order chi connectivity index (χ0) is 10.8. The zero-order valence-electron chi connectivity index (χ0n) is 7.86. The lowest BCUT2D eigenvalue weighted by Crippen LogP contribution is -2.00. The Balaban J connectivity index is 2.85. The summed E-state index contributed by atoms with van der Waals surface area (Å²) in [4.78, 5) is 11.1. The summed E-state index contributed by atoms with van der Waals surface area (Å²) in [5.41, 5.74) is 1.10. The first kappa shape index (κ1) is 9.50. The van der Waals surface area contributed by atoms with Crippen molar-refractivity contribution in [2.24, 2.45) is 0 Å². The third-order valence-electron chi connectivity index (χ3n) is 2.17. The molecule has 0 spiro atoms. The summed E-state index contributed by atoms with van der Waals surface area (Å²) in [6.07, 6.45) is 5.23. The van der Waals surface area contributed by atoms with Crippen LogP contribution in [0.25, 0.3) is 11.0 Å². The van der Waals surface area contributed by atoms with Gasteiger partial charge >= 0.3 is 5.63 Å². The molecule has 0 aliphatic carbocycles. The number of terminal acetylenes is 1. The second kappa shape index (κ2) is 3.60. The molecule has 1 heterocycles. The highest BCUT2D eigenvalue weighted by atomic mass is 16.4. The third-order valence-corrected chi connectivity index (χ3v) is 2.17. The third kappa shape index (κ3) is 1.63. The standard InChI is InChI=1S/C12H8O3/c1-2-8-3-4-10-9(7-13)6-12(14)15-11(10)5-8/h1,3-6,13H,7H2. The van der Waals surface area contributed by atoms with Gasteiger partial charge in [-0.1, -0.05) is 5.92 Å². The molecule has 0 bridgehead atoms. The SMILES string of the molecule is C#Cc1ccc2c(CO)cc(=O)oc2c1. The molecule has 74 valence electrons. The van der Waals surface area contributed by atoms with Crippen LogP contribution in [0.4, 0.5) is 0 Å². The van der Waals surface area contributed by atoms with Crippen LogP contribution in [0.2, 0.25) is 0 Å². The molecule has 2 rings (SSSR count). The minimum absolute atomic E-state index is 0.197. The first-order valence-corrected chi connectivity index (χ1v) is 4.39. The molecule has 2 aromatic rings. The summed E-state index contributed by atoms with van der Waals surface area (Å²) in [5.74, 6) is 2.45. The Morgan fingerprint density at radius 1 is 1.40 bits per heavy atom. The fraction of sp³-hybridized carbons (Fsp3) is 0.0833. The molecule has 0 fully saturated rings. The van der Waals surface area contributed by atoms with E-state index < -0.39 is 5.63 Å². The maximum atomic E-state index is 11.1. The summed E-state index contributed by atoms with van der Waals surface area (Å²) in [6, 6.07) is 6.36. The molecule has 3 heteroatoms. The number of hydrogen-bond acceptors (Lipinski definition) is 3. The average molecular weight is 200 g/mol. The number of rotatable bonds is 1. The van der Waals surface area contributed by atoms with Crippen molar-refractivity contribution in [3.63, 3.8) is 0 Å². The minimum atomic E-state index is -0.485. The molecular weight excluding hydrogens is 192 g/mol. The predicted octanol–water partition coefficient (Wildman–Crippen LogP) is 1.27. The predicted molar refractivity (Wildman–Crippen MR) is 56.3 cm³/mol. The molecule has 1 aromatic carbocycles. The van der Waals surface area contributed by atoms with Gasteiger partial charge in [0.05, 0.1) is 6.61 Å². The van der Waals surface area contributed by atoms with Crippen LogP contribution in [-0.4, -0.2) is 5.11 Å². The van der Waals surface area contributed by atoms with E-state index in [1.807, 2.05) is 0 Å². The Kier molecular flexibility index (Phi) is 2.28. The van der Waals surface area contributed by atoms with Gasteiger partial charge in [0.25, 0.3) is 0 Å². The van der Waals surface area contributed by atoms with Crippen LogP contribution in [0.5, 0.6) is 0 Å². The lowest BCUT2D eigenvalue weighted by atomic mass is 10.1. The molecule has 0 saturated carbocycles. The topological polar surface area (TPSA) is 50.4 Å². The van der Waals surface area contributed by atoms with Crippen molar-refractivity contribution < 1.29 is 9.52 Å². The lowest BCUT2D eigenvalue weighted by Gasteiger charge is -2.01. The van der Waals surface area contributed by atoms with E-state index in [1.165, 1.54) is 6.07 Å². The molecule has 0 atom stereocenters. The van der Waals surface area contributed by atoms with Gasteiger partial charge in [-0.2, -0.15) is 0 Å². The van der Waals surface area contributed by atoms with Gasteiger partial charge in [0, 0.05) is 17.0 Å². The van der Waals surface area contributed by atoms with Crippen molar-refractivity contribution in [1.29, 1.82) is 0 Å².